The molecule has 2 rings (SSSR count). The molecular formula is C17H20N4O. The van der Waals surface area contributed by atoms with Crippen LogP contribution in [0.5, 0.6) is 0 Å². The lowest BCUT2D eigenvalue weighted by molar-refractivity contribution is 0.224. The van der Waals surface area contributed by atoms with Crippen LogP contribution >= 0.6 is 0 Å². The summed E-state index contributed by atoms with van der Waals surface area (Å²) in [6.45, 7) is 3.92. The predicted octanol–water partition coefficient (Wildman–Crippen LogP) is 3.38. The van der Waals surface area contributed by atoms with E-state index in [-0.39, 0.29) is 6.03 Å². The third-order valence-corrected chi connectivity index (χ3v) is 3.32. The quantitative estimate of drug-likeness (QED) is 0.518. The molecule has 0 aliphatic heterocycles. The second-order valence-corrected chi connectivity index (χ2v) is 5.13. The van der Waals surface area contributed by atoms with Gasteiger partial charge in [0.25, 0.3) is 0 Å². The Hall–Kier alpha value is -2.82. The number of para-hydroxylation sites is 1. The molecule has 2 aromatic carbocycles. The van der Waals surface area contributed by atoms with Gasteiger partial charge >= 0.3 is 6.03 Å². The number of rotatable bonds is 3. The van der Waals surface area contributed by atoms with Crippen molar-refractivity contribution in [2.24, 2.45) is 5.10 Å². The van der Waals surface area contributed by atoms with Crippen LogP contribution < -0.4 is 11.1 Å². The molecular weight excluding hydrogens is 276 g/mol. The molecule has 0 saturated carbocycles. The Labute approximate surface area is 130 Å². The number of nitrogen functional groups attached to an aromatic ring is 1. The van der Waals surface area contributed by atoms with Crippen molar-refractivity contribution in [2.45, 2.75) is 13.8 Å². The van der Waals surface area contributed by atoms with Gasteiger partial charge in [0.05, 0.1) is 6.21 Å². The van der Waals surface area contributed by atoms with Crippen molar-refractivity contribution in [1.82, 2.24) is 5.01 Å². The molecule has 0 aromatic heterocycles. The summed E-state index contributed by atoms with van der Waals surface area (Å²) < 4.78 is 0. The van der Waals surface area contributed by atoms with Gasteiger partial charge in [0, 0.05) is 18.4 Å². The van der Waals surface area contributed by atoms with Crippen LogP contribution in [0, 0.1) is 13.8 Å². The van der Waals surface area contributed by atoms with Crippen LogP contribution in [0.15, 0.2) is 47.6 Å². The Morgan fingerprint density at radius 1 is 1.14 bits per heavy atom. The number of hydrogen-bond acceptors (Lipinski definition) is 3. The van der Waals surface area contributed by atoms with Crippen molar-refractivity contribution in [3.8, 4) is 0 Å². The number of nitrogens with one attached hydrogen (secondary N) is 1. The lowest BCUT2D eigenvalue weighted by atomic mass is 10.1. The monoisotopic (exact) mass is 296 g/mol. The summed E-state index contributed by atoms with van der Waals surface area (Å²) in [5.41, 5.74) is 10.1. The maximum Gasteiger partial charge on any atom is 0.341 e. The first-order chi connectivity index (χ1) is 10.5. The first kappa shape index (κ1) is 15.6. The number of amides is 2. The van der Waals surface area contributed by atoms with Crippen molar-refractivity contribution in [3.63, 3.8) is 0 Å². The van der Waals surface area contributed by atoms with E-state index >= 15 is 0 Å². The summed E-state index contributed by atoms with van der Waals surface area (Å²) in [5.74, 6) is 0. The third-order valence-electron chi connectivity index (χ3n) is 3.32. The molecule has 2 aromatic rings. The molecule has 2 amide bonds. The Morgan fingerprint density at radius 3 is 2.32 bits per heavy atom. The van der Waals surface area contributed by atoms with Gasteiger partial charge in [-0.25, -0.2) is 9.80 Å². The highest BCUT2D eigenvalue weighted by Crippen LogP contribution is 2.19. The zero-order chi connectivity index (χ0) is 16.1. The summed E-state index contributed by atoms with van der Waals surface area (Å²) >= 11 is 0. The van der Waals surface area contributed by atoms with Gasteiger partial charge in [-0.3, -0.25) is 0 Å². The van der Waals surface area contributed by atoms with E-state index in [1.165, 1.54) is 5.01 Å². The maximum atomic E-state index is 12.2. The normalized spacial score (nSPS) is 10.7. The fourth-order valence-electron chi connectivity index (χ4n) is 1.99. The lowest BCUT2D eigenvalue weighted by Gasteiger charge is -2.15. The van der Waals surface area contributed by atoms with E-state index in [2.05, 4.69) is 10.4 Å². The van der Waals surface area contributed by atoms with Crippen LogP contribution in [0.2, 0.25) is 0 Å². The number of nitrogens with zero attached hydrogens (tertiary/aromatic N) is 2. The molecule has 0 unspecified atom stereocenters. The number of carbonyl (C=O) groups is 1. The van der Waals surface area contributed by atoms with Crippen LogP contribution in [-0.4, -0.2) is 24.3 Å². The number of urea groups is 1. The summed E-state index contributed by atoms with van der Waals surface area (Å²) in [5, 5.41) is 8.28. The molecule has 0 fully saturated rings. The predicted molar refractivity (Wildman–Crippen MR) is 91.1 cm³/mol. The average Bonchev–Trinajstić information content (AvgIpc) is 2.50. The molecule has 0 aliphatic rings. The third kappa shape index (κ3) is 3.85. The van der Waals surface area contributed by atoms with Gasteiger partial charge < -0.3 is 11.1 Å². The SMILES string of the molecule is Cc1cccc(C)c1NC(=O)N(C)/N=C/c1ccc(N)cc1. The van der Waals surface area contributed by atoms with E-state index < -0.39 is 0 Å². The topological polar surface area (TPSA) is 70.7 Å². The first-order valence-corrected chi connectivity index (χ1v) is 6.98. The van der Waals surface area contributed by atoms with Crippen LogP contribution in [0.3, 0.4) is 0 Å². The van der Waals surface area contributed by atoms with Crippen molar-refractivity contribution >= 4 is 23.6 Å². The van der Waals surface area contributed by atoms with Gasteiger partial charge in [0.15, 0.2) is 0 Å². The molecule has 5 nitrogen and oxygen atoms in total. The van der Waals surface area contributed by atoms with Gasteiger partial charge in [-0.05, 0) is 42.7 Å². The Bertz CT molecular complexity index is 672. The van der Waals surface area contributed by atoms with E-state index in [1.54, 1.807) is 25.4 Å². The number of anilines is 2. The van der Waals surface area contributed by atoms with E-state index in [9.17, 15) is 4.79 Å². The second-order valence-electron chi connectivity index (χ2n) is 5.13. The fourth-order valence-corrected chi connectivity index (χ4v) is 1.99. The number of nitrogens with two attached hydrogens (primary N) is 1. The molecule has 0 heterocycles. The molecule has 3 N–H and O–H groups in total. The minimum Gasteiger partial charge on any atom is -0.399 e. The molecule has 0 bridgehead atoms. The standard InChI is InChI=1S/C17H20N4O/c1-12-5-4-6-13(2)16(12)20-17(22)21(3)19-11-14-7-9-15(18)10-8-14/h4-11H,18H2,1-3H3,(H,20,22)/b19-11+. The molecule has 22 heavy (non-hydrogen) atoms. The summed E-state index contributed by atoms with van der Waals surface area (Å²) in [6, 6.07) is 12.9. The van der Waals surface area contributed by atoms with Crippen LogP contribution in [-0.2, 0) is 0 Å². The van der Waals surface area contributed by atoms with Gasteiger partial charge in [-0.1, -0.05) is 30.3 Å². The maximum absolute atomic E-state index is 12.2. The highest BCUT2D eigenvalue weighted by molar-refractivity contribution is 5.91. The zero-order valence-electron chi connectivity index (χ0n) is 13.0. The van der Waals surface area contributed by atoms with Gasteiger partial charge in [-0.15, -0.1) is 0 Å². The number of hydrogen-bond donors (Lipinski definition) is 2. The highest BCUT2D eigenvalue weighted by Gasteiger charge is 2.10. The van der Waals surface area contributed by atoms with Crippen molar-refractivity contribution in [1.29, 1.82) is 0 Å². The molecule has 0 spiro atoms. The summed E-state index contributed by atoms with van der Waals surface area (Å²) in [4.78, 5) is 12.2. The Morgan fingerprint density at radius 2 is 1.73 bits per heavy atom. The molecule has 114 valence electrons. The number of benzene rings is 2. The Kier molecular flexibility index (Phi) is 4.78. The molecule has 0 atom stereocenters. The van der Waals surface area contributed by atoms with E-state index in [4.69, 9.17) is 5.73 Å². The van der Waals surface area contributed by atoms with Crippen molar-refractivity contribution < 1.29 is 4.79 Å². The summed E-state index contributed by atoms with van der Waals surface area (Å²) in [6.07, 6.45) is 1.61. The number of aryl methyl sites for hydroxylation is 2. The number of carbonyl (C=O) groups excluding carboxylic acids is 1. The van der Waals surface area contributed by atoms with Crippen LogP contribution in [0.25, 0.3) is 0 Å². The van der Waals surface area contributed by atoms with Crippen LogP contribution in [0.4, 0.5) is 16.2 Å². The molecule has 0 saturated heterocycles. The van der Waals surface area contributed by atoms with Gasteiger partial charge in [0.2, 0.25) is 0 Å². The minimum atomic E-state index is -0.288. The molecule has 5 heteroatoms. The summed E-state index contributed by atoms with van der Waals surface area (Å²) in [7, 11) is 1.61. The first-order valence-electron chi connectivity index (χ1n) is 6.98. The zero-order valence-corrected chi connectivity index (χ0v) is 13.0. The van der Waals surface area contributed by atoms with Crippen molar-refractivity contribution in [2.75, 3.05) is 18.1 Å². The smallest absolute Gasteiger partial charge is 0.341 e. The highest BCUT2D eigenvalue weighted by atomic mass is 16.2. The Balaban J connectivity index is 2.04. The number of hydrazone groups is 1. The van der Waals surface area contributed by atoms with Crippen LogP contribution in [0.1, 0.15) is 16.7 Å². The molecule has 0 radical (unpaired) electrons. The fraction of sp³-hybridized carbons (Fsp3) is 0.176. The van der Waals surface area contributed by atoms with Gasteiger partial charge in [-0.2, -0.15) is 5.10 Å². The van der Waals surface area contributed by atoms with E-state index in [0.717, 1.165) is 22.4 Å². The van der Waals surface area contributed by atoms with E-state index in [0.29, 0.717) is 5.69 Å². The lowest BCUT2D eigenvalue weighted by Crippen LogP contribution is -2.27. The van der Waals surface area contributed by atoms with Gasteiger partial charge in [0.1, 0.15) is 0 Å². The minimum absolute atomic E-state index is 0.288. The average molecular weight is 296 g/mol. The second kappa shape index (κ2) is 6.76. The van der Waals surface area contributed by atoms with E-state index in [1.807, 2.05) is 44.2 Å². The molecule has 0 aliphatic carbocycles. The van der Waals surface area contributed by atoms with Crippen molar-refractivity contribution in [3.05, 3.63) is 59.2 Å². The largest absolute Gasteiger partial charge is 0.399 e.